The fraction of sp³-hybridized carbons (Fsp3) is 0.304. The Morgan fingerprint density at radius 2 is 2.13 bits per heavy atom. The van der Waals surface area contributed by atoms with Gasteiger partial charge in [0.2, 0.25) is 5.91 Å². The molecule has 0 radical (unpaired) electrons. The molecule has 0 fully saturated rings. The predicted octanol–water partition coefficient (Wildman–Crippen LogP) is 3.48. The van der Waals surface area contributed by atoms with Crippen LogP contribution in [0.3, 0.4) is 0 Å². The number of esters is 1. The van der Waals surface area contributed by atoms with E-state index in [1.807, 2.05) is 30.3 Å². The molecule has 0 spiro atoms. The number of aromatic nitrogens is 2. The number of ether oxygens (including phenoxy) is 1. The molecule has 1 aliphatic heterocycles. The summed E-state index contributed by atoms with van der Waals surface area (Å²) in [6.45, 7) is 1.36. The third-order valence-electron chi connectivity index (χ3n) is 5.82. The zero-order chi connectivity index (χ0) is 21.5. The predicted molar refractivity (Wildman–Crippen MR) is 117 cm³/mol. The van der Waals surface area contributed by atoms with Crippen LogP contribution in [0, 0.1) is 0 Å². The molecule has 0 bridgehead atoms. The molecule has 1 aromatic carbocycles. The fourth-order valence-electron chi connectivity index (χ4n) is 4.39. The van der Waals surface area contributed by atoms with E-state index in [9.17, 15) is 14.4 Å². The Balaban J connectivity index is 1.32. The Kier molecular flexibility index (Phi) is 4.94. The van der Waals surface area contributed by atoms with E-state index in [1.54, 1.807) is 22.4 Å². The Hall–Kier alpha value is -3.26. The van der Waals surface area contributed by atoms with Gasteiger partial charge in [0, 0.05) is 18.0 Å². The van der Waals surface area contributed by atoms with Crippen LogP contribution >= 0.6 is 11.3 Å². The van der Waals surface area contributed by atoms with Gasteiger partial charge in [-0.25, -0.2) is 4.98 Å². The van der Waals surface area contributed by atoms with Gasteiger partial charge >= 0.3 is 5.97 Å². The zero-order valence-electron chi connectivity index (χ0n) is 17.0. The van der Waals surface area contributed by atoms with Crippen LogP contribution in [0.5, 0.6) is 0 Å². The lowest BCUT2D eigenvalue weighted by Gasteiger charge is -2.32. The number of H-pyrrole nitrogens is 1. The highest BCUT2D eigenvalue weighted by molar-refractivity contribution is 7.18. The van der Waals surface area contributed by atoms with Crippen LogP contribution < -0.4 is 5.56 Å². The van der Waals surface area contributed by atoms with Crippen molar-refractivity contribution in [2.75, 3.05) is 0 Å². The van der Waals surface area contributed by atoms with Crippen molar-refractivity contribution in [2.45, 2.75) is 45.3 Å². The van der Waals surface area contributed by atoms with Gasteiger partial charge in [-0.05, 0) is 42.0 Å². The monoisotopic (exact) mass is 435 g/mol. The maximum Gasteiger partial charge on any atom is 0.308 e. The van der Waals surface area contributed by atoms with Gasteiger partial charge in [-0.1, -0.05) is 24.3 Å². The number of thiophene rings is 1. The van der Waals surface area contributed by atoms with E-state index in [1.165, 1.54) is 11.8 Å². The molecular weight excluding hydrogens is 414 g/mol. The Morgan fingerprint density at radius 3 is 2.97 bits per heavy atom. The van der Waals surface area contributed by atoms with E-state index in [2.05, 4.69) is 9.97 Å². The van der Waals surface area contributed by atoms with Crippen molar-refractivity contribution in [2.24, 2.45) is 0 Å². The summed E-state index contributed by atoms with van der Waals surface area (Å²) < 4.78 is 5.43. The van der Waals surface area contributed by atoms with Crippen molar-refractivity contribution in [3.05, 3.63) is 68.2 Å². The molecule has 1 amide bonds. The molecule has 7 nitrogen and oxygen atoms in total. The van der Waals surface area contributed by atoms with E-state index in [0.717, 1.165) is 36.0 Å². The SMILES string of the molecule is CC(=O)N1C=Cc2ccccc2[C@H]1CC(=O)OCc1nc2sc3c(c2c(=O)[nH]1)CCC3. The van der Waals surface area contributed by atoms with Crippen molar-refractivity contribution < 1.29 is 14.3 Å². The smallest absolute Gasteiger partial charge is 0.308 e. The molecule has 2 aromatic heterocycles. The van der Waals surface area contributed by atoms with Gasteiger partial charge in [0.15, 0.2) is 0 Å². The largest absolute Gasteiger partial charge is 0.457 e. The maximum absolute atomic E-state index is 12.6. The highest BCUT2D eigenvalue weighted by Gasteiger charge is 2.29. The van der Waals surface area contributed by atoms with Crippen molar-refractivity contribution in [3.8, 4) is 0 Å². The van der Waals surface area contributed by atoms with Crippen LogP contribution in [-0.2, 0) is 33.8 Å². The number of amides is 1. The van der Waals surface area contributed by atoms with Crippen LogP contribution in [0.25, 0.3) is 16.3 Å². The molecular formula is C23H21N3O4S. The second kappa shape index (κ2) is 7.77. The number of carbonyl (C=O) groups excluding carboxylic acids is 2. The molecule has 3 aromatic rings. The number of nitrogens with one attached hydrogen (secondary N) is 1. The molecule has 0 saturated carbocycles. The number of hydrogen-bond donors (Lipinski definition) is 1. The lowest BCUT2D eigenvalue weighted by Crippen LogP contribution is -2.32. The van der Waals surface area contributed by atoms with Crippen LogP contribution in [0.1, 0.15) is 53.2 Å². The van der Waals surface area contributed by atoms with Gasteiger partial charge in [-0.3, -0.25) is 14.4 Å². The van der Waals surface area contributed by atoms with Crippen LogP contribution in [0.15, 0.2) is 35.3 Å². The van der Waals surface area contributed by atoms with Gasteiger partial charge in [0.25, 0.3) is 5.56 Å². The summed E-state index contributed by atoms with van der Waals surface area (Å²) >= 11 is 1.55. The molecule has 3 heterocycles. The first-order valence-corrected chi connectivity index (χ1v) is 11.1. The van der Waals surface area contributed by atoms with E-state index in [4.69, 9.17) is 4.74 Å². The Labute approximate surface area is 182 Å². The summed E-state index contributed by atoms with van der Waals surface area (Å²) in [5, 5.41) is 0.676. The number of fused-ring (bicyclic) bond motifs is 4. The summed E-state index contributed by atoms with van der Waals surface area (Å²) in [5.74, 6) is -0.276. The number of benzene rings is 1. The minimum absolute atomic E-state index is 0.0146. The summed E-state index contributed by atoms with van der Waals surface area (Å²) in [7, 11) is 0. The minimum atomic E-state index is -0.460. The quantitative estimate of drug-likeness (QED) is 0.634. The van der Waals surface area contributed by atoms with Crippen molar-refractivity contribution >= 4 is 39.5 Å². The van der Waals surface area contributed by atoms with Gasteiger partial charge < -0.3 is 14.6 Å². The van der Waals surface area contributed by atoms with Crippen LogP contribution in [0.4, 0.5) is 0 Å². The average molecular weight is 436 g/mol. The lowest BCUT2D eigenvalue weighted by molar-refractivity contribution is -0.147. The third kappa shape index (κ3) is 3.57. The molecule has 31 heavy (non-hydrogen) atoms. The standard InChI is InChI=1S/C23H21N3O4S/c1-13(27)26-10-9-14-5-2-3-6-15(14)17(26)11-20(28)30-12-19-24-22(29)21-16-7-4-8-18(16)31-23(21)25-19/h2-3,5-6,9-10,17H,4,7-8,11-12H2,1H3,(H,24,25,29)/t17-/m1/s1. The van der Waals surface area contributed by atoms with Crippen LogP contribution in [-0.4, -0.2) is 26.7 Å². The van der Waals surface area contributed by atoms with Gasteiger partial charge in [-0.15, -0.1) is 11.3 Å². The first-order valence-electron chi connectivity index (χ1n) is 10.3. The fourth-order valence-corrected chi connectivity index (χ4v) is 5.67. The van der Waals surface area contributed by atoms with Gasteiger partial charge in [0.05, 0.1) is 17.8 Å². The number of nitrogens with zero attached hydrogens (tertiary/aromatic N) is 2. The number of aryl methyl sites for hydroxylation is 2. The van der Waals surface area contributed by atoms with Crippen LogP contribution in [0.2, 0.25) is 0 Å². The minimum Gasteiger partial charge on any atom is -0.457 e. The Bertz CT molecular complexity index is 1290. The number of aromatic amines is 1. The van der Waals surface area contributed by atoms with E-state index in [0.29, 0.717) is 16.0 Å². The van der Waals surface area contributed by atoms with Gasteiger partial charge in [-0.2, -0.15) is 0 Å². The molecule has 0 saturated heterocycles. The summed E-state index contributed by atoms with van der Waals surface area (Å²) in [5.41, 5.74) is 2.81. The third-order valence-corrected chi connectivity index (χ3v) is 7.01. The maximum atomic E-state index is 12.6. The summed E-state index contributed by atoms with van der Waals surface area (Å²) in [6.07, 6.45) is 6.56. The van der Waals surface area contributed by atoms with E-state index in [-0.39, 0.29) is 24.5 Å². The van der Waals surface area contributed by atoms with E-state index >= 15 is 0 Å². The average Bonchev–Trinajstić information content (AvgIpc) is 3.33. The lowest BCUT2D eigenvalue weighted by atomic mass is 9.94. The Morgan fingerprint density at radius 1 is 1.29 bits per heavy atom. The number of hydrogen-bond acceptors (Lipinski definition) is 6. The zero-order valence-corrected chi connectivity index (χ0v) is 17.8. The number of carbonyl (C=O) groups is 2. The van der Waals surface area contributed by atoms with Crippen molar-refractivity contribution in [3.63, 3.8) is 0 Å². The molecule has 5 rings (SSSR count). The van der Waals surface area contributed by atoms with E-state index < -0.39 is 12.0 Å². The highest BCUT2D eigenvalue weighted by Crippen LogP contribution is 2.35. The normalized spacial score (nSPS) is 16.9. The molecule has 158 valence electrons. The molecule has 1 atom stereocenters. The van der Waals surface area contributed by atoms with Gasteiger partial charge in [0.1, 0.15) is 17.3 Å². The molecule has 0 unspecified atom stereocenters. The second-order valence-electron chi connectivity index (χ2n) is 7.80. The highest BCUT2D eigenvalue weighted by atomic mass is 32.1. The second-order valence-corrected chi connectivity index (χ2v) is 8.89. The molecule has 8 heteroatoms. The molecule has 1 N–H and O–H groups in total. The summed E-state index contributed by atoms with van der Waals surface area (Å²) in [4.78, 5) is 48.0. The van der Waals surface area contributed by atoms with Crippen molar-refractivity contribution in [1.82, 2.24) is 14.9 Å². The summed E-state index contributed by atoms with van der Waals surface area (Å²) in [6, 6.07) is 7.23. The van der Waals surface area contributed by atoms with Crippen molar-refractivity contribution in [1.29, 1.82) is 0 Å². The molecule has 1 aliphatic carbocycles. The first kappa shape index (κ1) is 19.7. The topological polar surface area (TPSA) is 92.4 Å². The first-order chi connectivity index (χ1) is 15.0. The number of rotatable bonds is 4. The molecule has 2 aliphatic rings.